The first-order valence-electron chi connectivity index (χ1n) is 12.4. The van der Waals surface area contributed by atoms with Crippen LogP contribution in [-0.2, 0) is 5.41 Å². The Morgan fingerprint density at radius 2 is 0.944 bits per heavy atom. The molecule has 0 fully saturated rings. The SMILES string of the molecule is Clc1ccccc1-c1cccc2c1-c1c(ccc3ccccc13)C21c2ccccc2-c2ccccc21. The van der Waals surface area contributed by atoms with Crippen LogP contribution in [0.2, 0.25) is 5.02 Å². The van der Waals surface area contributed by atoms with E-state index in [-0.39, 0.29) is 5.41 Å². The minimum absolute atomic E-state index is 0.362. The third-order valence-corrected chi connectivity index (χ3v) is 8.50. The Bertz CT molecular complexity index is 1810. The summed E-state index contributed by atoms with van der Waals surface area (Å²) < 4.78 is 0. The van der Waals surface area contributed by atoms with Crippen LogP contribution >= 0.6 is 11.6 Å². The number of fused-ring (bicyclic) bond motifs is 12. The van der Waals surface area contributed by atoms with Gasteiger partial charge in [0, 0.05) is 10.6 Å². The minimum Gasteiger partial charge on any atom is -0.0837 e. The van der Waals surface area contributed by atoms with Crippen molar-refractivity contribution in [1.29, 1.82) is 0 Å². The Kier molecular flexibility index (Phi) is 4.02. The van der Waals surface area contributed by atoms with Crippen molar-refractivity contribution < 1.29 is 0 Å². The molecule has 6 aromatic carbocycles. The molecule has 1 spiro atoms. The molecule has 0 heterocycles. The second-order valence-electron chi connectivity index (χ2n) is 9.76. The molecule has 36 heavy (non-hydrogen) atoms. The molecule has 1 heteroatoms. The molecule has 0 bridgehead atoms. The van der Waals surface area contributed by atoms with Gasteiger partial charge >= 0.3 is 0 Å². The number of hydrogen-bond donors (Lipinski definition) is 0. The van der Waals surface area contributed by atoms with E-state index in [0.717, 1.165) is 10.6 Å². The van der Waals surface area contributed by atoms with E-state index in [1.165, 1.54) is 60.8 Å². The number of hydrogen-bond acceptors (Lipinski definition) is 0. The zero-order chi connectivity index (χ0) is 23.9. The maximum Gasteiger partial charge on any atom is 0.0725 e. The van der Waals surface area contributed by atoms with Gasteiger partial charge in [-0.2, -0.15) is 0 Å². The van der Waals surface area contributed by atoms with Gasteiger partial charge in [0.2, 0.25) is 0 Å². The van der Waals surface area contributed by atoms with Gasteiger partial charge in [-0.25, -0.2) is 0 Å². The van der Waals surface area contributed by atoms with Crippen LogP contribution in [0, 0.1) is 0 Å². The van der Waals surface area contributed by atoms with Gasteiger partial charge in [0.1, 0.15) is 0 Å². The monoisotopic (exact) mass is 476 g/mol. The van der Waals surface area contributed by atoms with Crippen molar-refractivity contribution in [3.63, 3.8) is 0 Å². The number of halogens is 1. The van der Waals surface area contributed by atoms with Crippen LogP contribution in [0.15, 0.2) is 127 Å². The molecule has 0 atom stereocenters. The lowest BCUT2D eigenvalue weighted by Crippen LogP contribution is -2.25. The van der Waals surface area contributed by atoms with E-state index < -0.39 is 0 Å². The lowest BCUT2D eigenvalue weighted by molar-refractivity contribution is 0.794. The minimum atomic E-state index is -0.362. The van der Waals surface area contributed by atoms with E-state index in [2.05, 4.69) is 115 Å². The molecule has 0 radical (unpaired) electrons. The second kappa shape index (κ2) is 7.20. The topological polar surface area (TPSA) is 0 Å². The number of rotatable bonds is 1. The van der Waals surface area contributed by atoms with E-state index in [1.54, 1.807) is 0 Å². The van der Waals surface area contributed by atoms with E-state index in [9.17, 15) is 0 Å². The predicted octanol–water partition coefficient (Wildman–Crippen LogP) is 9.50. The molecule has 0 saturated heterocycles. The summed E-state index contributed by atoms with van der Waals surface area (Å²) in [5, 5.41) is 3.32. The number of benzene rings is 6. The van der Waals surface area contributed by atoms with Crippen LogP contribution in [0.1, 0.15) is 22.3 Å². The summed E-state index contributed by atoms with van der Waals surface area (Å²) in [7, 11) is 0. The van der Waals surface area contributed by atoms with Gasteiger partial charge in [-0.05, 0) is 66.9 Å². The Labute approximate surface area is 215 Å². The highest BCUT2D eigenvalue weighted by molar-refractivity contribution is 6.33. The summed E-state index contributed by atoms with van der Waals surface area (Å²) >= 11 is 6.82. The fourth-order valence-corrected chi connectivity index (χ4v) is 7.09. The highest BCUT2D eigenvalue weighted by Gasteiger charge is 2.52. The highest BCUT2D eigenvalue weighted by Crippen LogP contribution is 2.65. The smallest absolute Gasteiger partial charge is 0.0725 e. The Hall–Kier alpha value is -4.13. The molecule has 0 saturated carbocycles. The zero-order valence-electron chi connectivity index (χ0n) is 19.5. The molecule has 168 valence electrons. The first-order chi connectivity index (χ1) is 17.8. The van der Waals surface area contributed by atoms with Crippen molar-refractivity contribution in [3.8, 4) is 33.4 Å². The van der Waals surface area contributed by atoms with Crippen LogP contribution in [0.4, 0.5) is 0 Å². The van der Waals surface area contributed by atoms with Crippen molar-refractivity contribution in [3.05, 3.63) is 155 Å². The lowest BCUT2D eigenvalue weighted by atomic mass is 9.70. The highest BCUT2D eigenvalue weighted by atomic mass is 35.5. The lowest BCUT2D eigenvalue weighted by Gasteiger charge is -2.30. The van der Waals surface area contributed by atoms with Gasteiger partial charge in [-0.1, -0.05) is 133 Å². The summed E-state index contributed by atoms with van der Waals surface area (Å²) in [4.78, 5) is 0. The molecule has 2 aliphatic rings. The average Bonchev–Trinajstić information content (AvgIpc) is 3.41. The molecule has 6 aromatic rings. The van der Waals surface area contributed by atoms with Gasteiger partial charge in [0.05, 0.1) is 5.41 Å². The summed E-state index contributed by atoms with van der Waals surface area (Å²) in [5.74, 6) is 0. The van der Waals surface area contributed by atoms with E-state index in [0.29, 0.717) is 0 Å². The fourth-order valence-electron chi connectivity index (χ4n) is 6.85. The standard InChI is InChI=1S/C35H21Cl/c36-32-19-8-5-14-26(32)27-15-9-18-30-34(27)33-23-11-2-1-10-22(23)20-21-31(33)35(30)28-16-6-3-12-24(28)25-13-4-7-17-29(25)35/h1-21H. The molecular weight excluding hydrogens is 456 g/mol. The van der Waals surface area contributed by atoms with Crippen molar-refractivity contribution >= 4 is 22.4 Å². The van der Waals surface area contributed by atoms with Gasteiger partial charge in [0.15, 0.2) is 0 Å². The average molecular weight is 477 g/mol. The van der Waals surface area contributed by atoms with Crippen LogP contribution in [0.5, 0.6) is 0 Å². The maximum atomic E-state index is 6.82. The van der Waals surface area contributed by atoms with Crippen LogP contribution in [-0.4, -0.2) is 0 Å². The molecule has 0 aromatic heterocycles. The largest absolute Gasteiger partial charge is 0.0837 e. The zero-order valence-corrected chi connectivity index (χ0v) is 20.3. The predicted molar refractivity (Wildman–Crippen MR) is 151 cm³/mol. The van der Waals surface area contributed by atoms with Crippen LogP contribution < -0.4 is 0 Å². The Morgan fingerprint density at radius 3 is 1.69 bits per heavy atom. The molecule has 0 amide bonds. The van der Waals surface area contributed by atoms with E-state index >= 15 is 0 Å². The third-order valence-electron chi connectivity index (χ3n) is 8.17. The van der Waals surface area contributed by atoms with E-state index in [1.807, 2.05) is 12.1 Å². The molecular formula is C35H21Cl. The fraction of sp³-hybridized carbons (Fsp3) is 0.0286. The van der Waals surface area contributed by atoms with Gasteiger partial charge in [-0.3, -0.25) is 0 Å². The molecule has 0 unspecified atom stereocenters. The van der Waals surface area contributed by atoms with Gasteiger partial charge < -0.3 is 0 Å². The van der Waals surface area contributed by atoms with Crippen molar-refractivity contribution in [1.82, 2.24) is 0 Å². The summed E-state index contributed by atoms with van der Waals surface area (Å²) in [6.07, 6.45) is 0. The van der Waals surface area contributed by atoms with Gasteiger partial charge in [0.25, 0.3) is 0 Å². The van der Waals surface area contributed by atoms with Crippen LogP contribution in [0.3, 0.4) is 0 Å². The summed E-state index contributed by atoms with van der Waals surface area (Å²) in [6, 6.07) is 46.3. The van der Waals surface area contributed by atoms with E-state index in [4.69, 9.17) is 11.6 Å². The Balaban J connectivity index is 1.63. The summed E-state index contributed by atoms with van der Waals surface area (Å²) in [6.45, 7) is 0. The van der Waals surface area contributed by atoms with Crippen molar-refractivity contribution in [2.75, 3.05) is 0 Å². The summed E-state index contributed by atoms with van der Waals surface area (Å²) in [5.41, 5.74) is 12.6. The molecule has 2 aliphatic carbocycles. The molecule has 0 aliphatic heterocycles. The van der Waals surface area contributed by atoms with Gasteiger partial charge in [-0.15, -0.1) is 0 Å². The quantitative estimate of drug-likeness (QED) is 0.221. The maximum absolute atomic E-state index is 6.82. The first-order valence-corrected chi connectivity index (χ1v) is 12.8. The van der Waals surface area contributed by atoms with Crippen molar-refractivity contribution in [2.24, 2.45) is 0 Å². The molecule has 8 rings (SSSR count). The normalized spacial score (nSPS) is 13.9. The van der Waals surface area contributed by atoms with Crippen LogP contribution in [0.25, 0.3) is 44.2 Å². The molecule has 0 nitrogen and oxygen atoms in total. The van der Waals surface area contributed by atoms with Crippen molar-refractivity contribution in [2.45, 2.75) is 5.41 Å². The second-order valence-corrected chi connectivity index (χ2v) is 10.2. The molecule has 0 N–H and O–H groups in total. The first kappa shape index (κ1) is 20.1. The third kappa shape index (κ3) is 2.35. The Morgan fingerprint density at radius 1 is 0.389 bits per heavy atom.